The predicted molar refractivity (Wildman–Crippen MR) is 125 cm³/mol. The third-order valence-corrected chi connectivity index (χ3v) is 6.21. The molecular weight excluding hydrogens is 437 g/mol. The maximum absolute atomic E-state index is 13.9. The van der Waals surface area contributed by atoms with E-state index in [1.165, 1.54) is 13.2 Å². The highest BCUT2D eigenvalue weighted by atomic mass is 19.1. The van der Waals surface area contributed by atoms with Gasteiger partial charge < -0.3 is 19.3 Å². The highest BCUT2D eigenvalue weighted by molar-refractivity contribution is 5.94. The number of benzene rings is 2. The molecule has 2 heterocycles. The average molecular weight is 468 g/mol. The highest BCUT2D eigenvalue weighted by Crippen LogP contribution is 2.21. The van der Waals surface area contributed by atoms with Gasteiger partial charge in [0.15, 0.2) is 11.6 Å². The van der Waals surface area contributed by atoms with Crippen molar-refractivity contribution in [3.63, 3.8) is 0 Å². The van der Waals surface area contributed by atoms with Crippen LogP contribution in [0.15, 0.2) is 47.0 Å². The monoisotopic (exact) mass is 467 g/mol. The molecule has 0 bridgehead atoms. The molecule has 0 unspecified atom stereocenters. The lowest BCUT2D eigenvalue weighted by atomic mass is 10.0. The van der Waals surface area contributed by atoms with Gasteiger partial charge in [0.25, 0.3) is 5.91 Å². The number of rotatable bonds is 8. The molecule has 1 aliphatic rings. The number of methoxy groups -OCH3 is 1. The smallest absolute Gasteiger partial charge is 0.251 e. The Bertz CT molecular complexity index is 1120. The summed E-state index contributed by atoms with van der Waals surface area (Å²) >= 11 is 0. The van der Waals surface area contributed by atoms with Crippen molar-refractivity contribution >= 4 is 5.91 Å². The van der Waals surface area contributed by atoms with E-state index < -0.39 is 0 Å². The van der Waals surface area contributed by atoms with Gasteiger partial charge >= 0.3 is 0 Å². The molecule has 1 saturated heterocycles. The molecule has 7 nitrogen and oxygen atoms in total. The quantitative estimate of drug-likeness (QED) is 0.529. The van der Waals surface area contributed by atoms with Crippen molar-refractivity contribution in [1.29, 1.82) is 0 Å². The number of nitrogens with one attached hydrogen (secondary N) is 1. The van der Waals surface area contributed by atoms with Crippen LogP contribution in [0.3, 0.4) is 0 Å². The number of halogens is 1. The lowest BCUT2D eigenvalue weighted by Crippen LogP contribution is -2.44. The molecule has 0 aliphatic carbocycles. The Morgan fingerprint density at radius 2 is 2.00 bits per heavy atom. The molecular formula is C26H30FN3O4. The van der Waals surface area contributed by atoms with Gasteiger partial charge in [-0.25, -0.2) is 4.39 Å². The third-order valence-electron chi connectivity index (χ3n) is 6.21. The number of piperidine rings is 1. The number of hydrogen-bond acceptors (Lipinski definition) is 6. The number of aryl methyl sites for hydroxylation is 2. The minimum absolute atomic E-state index is 0.100. The maximum Gasteiger partial charge on any atom is 0.251 e. The molecule has 8 heteroatoms. The largest absolute Gasteiger partial charge is 0.494 e. The molecule has 34 heavy (non-hydrogen) atoms. The fourth-order valence-electron chi connectivity index (χ4n) is 4.16. The Labute approximate surface area is 198 Å². The molecule has 0 atom stereocenters. The maximum atomic E-state index is 13.9. The van der Waals surface area contributed by atoms with Crippen LogP contribution in [0.2, 0.25) is 0 Å². The first kappa shape index (κ1) is 23.8. The third kappa shape index (κ3) is 5.75. The molecule has 1 amide bonds. The zero-order valence-electron chi connectivity index (χ0n) is 19.8. The van der Waals surface area contributed by atoms with Crippen LogP contribution in [0, 0.1) is 19.7 Å². The molecule has 0 radical (unpaired) electrons. The van der Waals surface area contributed by atoms with Crippen LogP contribution in [-0.4, -0.2) is 42.2 Å². The second-order valence-corrected chi connectivity index (χ2v) is 8.61. The molecule has 1 N–H and O–H groups in total. The molecule has 1 aromatic heterocycles. The summed E-state index contributed by atoms with van der Waals surface area (Å²) in [5.41, 5.74) is 3.19. The Morgan fingerprint density at radius 1 is 1.21 bits per heavy atom. The van der Waals surface area contributed by atoms with Crippen LogP contribution < -0.4 is 14.8 Å². The van der Waals surface area contributed by atoms with Crippen molar-refractivity contribution in [3.05, 3.63) is 76.4 Å². The van der Waals surface area contributed by atoms with Crippen molar-refractivity contribution in [2.45, 2.75) is 45.9 Å². The van der Waals surface area contributed by atoms with Gasteiger partial charge in [0.1, 0.15) is 18.1 Å². The van der Waals surface area contributed by atoms with Gasteiger partial charge in [0, 0.05) is 31.2 Å². The first-order valence-corrected chi connectivity index (χ1v) is 11.4. The summed E-state index contributed by atoms with van der Waals surface area (Å²) in [6.07, 6.45) is 1.68. The summed E-state index contributed by atoms with van der Waals surface area (Å²) < 4.78 is 30.0. The van der Waals surface area contributed by atoms with Gasteiger partial charge in [0.05, 0.1) is 18.4 Å². The van der Waals surface area contributed by atoms with Gasteiger partial charge in [-0.05, 0) is 62.6 Å². The van der Waals surface area contributed by atoms with E-state index in [0.717, 1.165) is 48.5 Å². The van der Waals surface area contributed by atoms with E-state index in [9.17, 15) is 9.18 Å². The Morgan fingerprint density at radius 3 is 2.68 bits per heavy atom. The molecule has 1 fully saturated rings. The van der Waals surface area contributed by atoms with Gasteiger partial charge in [-0.2, -0.15) is 0 Å². The highest BCUT2D eigenvalue weighted by Gasteiger charge is 2.22. The summed E-state index contributed by atoms with van der Waals surface area (Å²) in [4.78, 5) is 15.1. The van der Waals surface area contributed by atoms with Gasteiger partial charge in [-0.3, -0.25) is 9.69 Å². The van der Waals surface area contributed by atoms with E-state index >= 15 is 0 Å². The first-order valence-electron chi connectivity index (χ1n) is 11.4. The second kappa shape index (κ2) is 10.7. The molecule has 3 aromatic rings. The number of carbonyl (C=O) groups excluding carboxylic acids is 1. The molecule has 0 saturated carbocycles. The standard InChI is InChI=1S/C26H30FN3O4/c1-17-23(18(2)34-29-17)16-33-22-6-4-5-20(14-22)26(31)28-21-9-11-30(12-10-21)15-19-7-8-25(32-3)24(27)13-19/h4-8,13-14,21H,9-12,15-16H2,1-3H3,(H,28,31). The Balaban J connectivity index is 1.27. The number of ether oxygens (including phenoxy) is 2. The SMILES string of the molecule is COc1ccc(CN2CCC(NC(=O)c3cccc(OCc4c(C)noc4C)c3)CC2)cc1F. The van der Waals surface area contributed by atoms with Crippen molar-refractivity contribution < 1.29 is 23.2 Å². The fourth-order valence-corrected chi connectivity index (χ4v) is 4.16. The van der Waals surface area contributed by atoms with E-state index in [1.54, 1.807) is 18.2 Å². The molecule has 2 aromatic carbocycles. The van der Waals surface area contributed by atoms with Crippen LogP contribution in [-0.2, 0) is 13.2 Å². The zero-order valence-corrected chi connectivity index (χ0v) is 19.8. The first-order chi connectivity index (χ1) is 16.4. The van der Waals surface area contributed by atoms with Crippen molar-refractivity contribution in [3.8, 4) is 11.5 Å². The van der Waals surface area contributed by atoms with Crippen LogP contribution in [0.1, 0.15) is 45.8 Å². The van der Waals surface area contributed by atoms with Crippen LogP contribution >= 0.6 is 0 Å². The van der Waals surface area contributed by atoms with Crippen molar-refractivity contribution in [1.82, 2.24) is 15.4 Å². The van der Waals surface area contributed by atoms with Crippen molar-refractivity contribution in [2.75, 3.05) is 20.2 Å². The predicted octanol–water partition coefficient (Wildman–Crippen LogP) is 4.41. The fraction of sp³-hybridized carbons (Fsp3) is 0.385. The van der Waals surface area contributed by atoms with Gasteiger partial charge in [-0.1, -0.05) is 17.3 Å². The second-order valence-electron chi connectivity index (χ2n) is 8.61. The Hall–Kier alpha value is -3.39. The van der Waals surface area contributed by atoms with E-state index in [4.69, 9.17) is 14.0 Å². The van der Waals surface area contributed by atoms with Crippen molar-refractivity contribution in [2.24, 2.45) is 0 Å². The van der Waals surface area contributed by atoms with Gasteiger partial charge in [-0.15, -0.1) is 0 Å². The Kier molecular flexibility index (Phi) is 7.47. The average Bonchev–Trinajstić information content (AvgIpc) is 3.16. The number of nitrogens with zero attached hydrogens (tertiary/aromatic N) is 2. The minimum atomic E-state index is -0.347. The van der Waals surface area contributed by atoms with E-state index in [0.29, 0.717) is 24.5 Å². The normalized spacial score (nSPS) is 14.7. The number of hydrogen-bond donors (Lipinski definition) is 1. The van der Waals surface area contributed by atoms with Crippen LogP contribution in [0.4, 0.5) is 4.39 Å². The molecule has 0 spiro atoms. The number of likely N-dealkylation sites (tertiary alicyclic amines) is 1. The van der Waals surface area contributed by atoms with Crippen LogP contribution in [0.5, 0.6) is 11.5 Å². The lowest BCUT2D eigenvalue weighted by Gasteiger charge is -2.32. The minimum Gasteiger partial charge on any atom is -0.494 e. The van der Waals surface area contributed by atoms with Crippen LogP contribution in [0.25, 0.3) is 0 Å². The van der Waals surface area contributed by atoms with E-state index in [-0.39, 0.29) is 23.5 Å². The summed E-state index contributed by atoms with van der Waals surface area (Å²) in [5.74, 6) is 1.14. The topological polar surface area (TPSA) is 76.8 Å². The number of carbonyl (C=O) groups is 1. The number of amides is 1. The van der Waals surface area contributed by atoms with E-state index in [2.05, 4.69) is 15.4 Å². The molecule has 1 aliphatic heterocycles. The number of aromatic nitrogens is 1. The summed E-state index contributed by atoms with van der Waals surface area (Å²) in [6, 6.07) is 12.3. The summed E-state index contributed by atoms with van der Waals surface area (Å²) in [5, 5.41) is 7.07. The lowest BCUT2D eigenvalue weighted by molar-refractivity contribution is 0.0908. The van der Waals surface area contributed by atoms with Gasteiger partial charge in [0.2, 0.25) is 0 Å². The molecule has 4 rings (SSSR count). The molecule has 180 valence electrons. The summed E-state index contributed by atoms with van der Waals surface area (Å²) in [7, 11) is 1.46. The zero-order chi connectivity index (χ0) is 24.1. The van der Waals surface area contributed by atoms with E-state index in [1.807, 2.05) is 32.0 Å². The summed E-state index contributed by atoms with van der Waals surface area (Å²) in [6.45, 7) is 6.40.